The fraction of sp³-hybridized carbons (Fsp3) is 0.926. The van der Waals surface area contributed by atoms with E-state index in [1.165, 1.54) is 64.2 Å². The van der Waals surface area contributed by atoms with E-state index in [1.54, 1.807) is 0 Å². The number of hydrogen-bond donors (Lipinski definition) is 0. The van der Waals surface area contributed by atoms with Crippen LogP contribution in [0, 0.1) is 41.4 Å². The summed E-state index contributed by atoms with van der Waals surface area (Å²) in [5, 5.41) is 0. The molecule has 0 aromatic carbocycles. The average molecular weight is 423 g/mol. The standard InChI is InChI=1S/C27H44F2O/c1-3-5-19-7-11-21(12-8-19)22-15-17-23(18-16-22)25-26(30-27(25,28)29)24-13-9-20(6-4-2)10-14-24/h3,5,19-26H,4,6-18H2,1-2H3/b5-3+/t19?,20?,21?,22?,23?,24?,25-,26-/m0/s1. The van der Waals surface area contributed by atoms with Crippen molar-refractivity contribution in [3.8, 4) is 0 Å². The minimum Gasteiger partial charge on any atom is -0.316 e. The zero-order valence-electron chi connectivity index (χ0n) is 19.3. The smallest absolute Gasteiger partial charge is 0.316 e. The van der Waals surface area contributed by atoms with Gasteiger partial charge in [-0.2, -0.15) is 8.78 Å². The summed E-state index contributed by atoms with van der Waals surface area (Å²) in [6.07, 6.45) is 18.4. The van der Waals surface area contributed by atoms with E-state index in [2.05, 4.69) is 26.0 Å². The lowest BCUT2D eigenvalue weighted by Gasteiger charge is -2.53. The van der Waals surface area contributed by atoms with E-state index in [9.17, 15) is 8.78 Å². The van der Waals surface area contributed by atoms with E-state index >= 15 is 0 Å². The molecule has 0 bridgehead atoms. The summed E-state index contributed by atoms with van der Waals surface area (Å²) in [6, 6.07) is 0. The van der Waals surface area contributed by atoms with Gasteiger partial charge in [-0.15, -0.1) is 0 Å². The van der Waals surface area contributed by atoms with E-state index in [0.717, 1.165) is 49.4 Å². The van der Waals surface area contributed by atoms with Crippen molar-refractivity contribution >= 4 is 0 Å². The molecule has 4 aliphatic rings. The fourth-order valence-corrected chi connectivity index (χ4v) is 7.65. The van der Waals surface area contributed by atoms with Gasteiger partial charge in [0.25, 0.3) is 0 Å². The van der Waals surface area contributed by atoms with Gasteiger partial charge in [0, 0.05) is 0 Å². The molecule has 0 aromatic heterocycles. The quantitative estimate of drug-likeness (QED) is 0.390. The van der Waals surface area contributed by atoms with Gasteiger partial charge in [-0.25, -0.2) is 0 Å². The van der Waals surface area contributed by atoms with E-state index in [1.807, 2.05) is 0 Å². The summed E-state index contributed by atoms with van der Waals surface area (Å²) < 4.78 is 34.3. The zero-order valence-corrected chi connectivity index (χ0v) is 19.3. The number of hydrogen-bond acceptors (Lipinski definition) is 1. The summed E-state index contributed by atoms with van der Waals surface area (Å²) in [4.78, 5) is 0. The Balaban J connectivity index is 1.27. The van der Waals surface area contributed by atoms with Crippen molar-refractivity contribution in [2.24, 2.45) is 41.4 Å². The second-order valence-electron chi connectivity index (χ2n) is 11.1. The number of alkyl halides is 2. The molecule has 1 heterocycles. The molecular weight excluding hydrogens is 378 g/mol. The molecule has 172 valence electrons. The molecule has 3 aliphatic carbocycles. The molecule has 1 aliphatic heterocycles. The second-order valence-corrected chi connectivity index (χ2v) is 11.1. The van der Waals surface area contributed by atoms with Crippen molar-refractivity contribution in [2.75, 3.05) is 0 Å². The third kappa shape index (κ3) is 4.97. The Labute approximate surface area is 183 Å². The third-order valence-electron chi connectivity index (χ3n) is 9.36. The summed E-state index contributed by atoms with van der Waals surface area (Å²) in [7, 11) is 0. The van der Waals surface area contributed by atoms with Crippen LogP contribution >= 0.6 is 0 Å². The van der Waals surface area contributed by atoms with Crippen molar-refractivity contribution in [2.45, 2.75) is 116 Å². The van der Waals surface area contributed by atoms with E-state index in [0.29, 0.717) is 5.92 Å². The van der Waals surface area contributed by atoms with Crippen LogP contribution in [0.4, 0.5) is 8.78 Å². The Hall–Kier alpha value is -0.440. The van der Waals surface area contributed by atoms with Gasteiger partial charge < -0.3 is 4.74 Å². The highest BCUT2D eigenvalue weighted by molar-refractivity contribution is 4.99. The molecule has 4 fully saturated rings. The van der Waals surface area contributed by atoms with E-state index < -0.39 is 12.0 Å². The van der Waals surface area contributed by atoms with Gasteiger partial charge in [-0.1, -0.05) is 44.8 Å². The molecule has 2 atom stereocenters. The molecule has 0 spiro atoms. The normalized spacial score (nSPS) is 44.7. The van der Waals surface area contributed by atoms with Crippen molar-refractivity contribution in [1.29, 1.82) is 0 Å². The zero-order chi connectivity index (χ0) is 21.1. The van der Waals surface area contributed by atoms with Crippen molar-refractivity contribution in [3.05, 3.63) is 12.2 Å². The van der Waals surface area contributed by atoms with Crippen molar-refractivity contribution in [1.82, 2.24) is 0 Å². The third-order valence-corrected chi connectivity index (χ3v) is 9.36. The highest BCUT2D eigenvalue weighted by atomic mass is 19.3. The van der Waals surface area contributed by atoms with Crippen LogP contribution in [0.1, 0.15) is 104 Å². The van der Waals surface area contributed by atoms with Gasteiger partial charge in [0.1, 0.15) is 0 Å². The number of halogens is 2. The molecule has 1 nitrogen and oxygen atoms in total. The maximum Gasteiger partial charge on any atom is 0.361 e. The summed E-state index contributed by atoms with van der Waals surface area (Å²) >= 11 is 0. The van der Waals surface area contributed by atoms with Crippen LogP contribution in [-0.4, -0.2) is 12.2 Å². The van der Waals surface area contributed by atoms with E-state index in [-0.39, 0.29) is 12.0 Å². The first-order valence-electron chi connectivity index (χ1n) is 13.2. The first-order chi connectivity index (χ1) is 14.5. The molecule has 0 unspecified atom stereocenters. The monoisotopic (exact) mass is 422 g/mol. The minimum atomic E-state index is -2.87. The lowest BCUT2D eigenvalue weighted by molar-refractivity contribution is -0.418. The molecule has 3 heteroatoms. The lowest BCUT2D eigenvalue weighted by atomic mass is 9.63. The Morgan fingerprint density at radius 3 is 1.83 bits per heavy atom. The average Bonchev–Trinajstić information content (AvgIpc) is 2.75. The largest absolute Gasteiger partial charge is 0.361 e. The van der Waals surface area contributed by atoms with E-state index in [4.69, 9.17) is 4.74 Å². The SMILES string of the molecule is C/C=C/C1CCC(C2CCC([C@H]3[C@H](C4CCC(CCC)CC4)OC3(F)F)CC2)CC1. The maximum atomic E-state index is 14.5. The molecule has 0 amide bonds. The topological polar surface area (TPSA) is 9.23 Å². The van der Waals surface area contributed by atoms with Gasteiger partial charge in [0.15, 0.2) is 0 Å². The van der Waals surface area contributed by atoms with Crippen LogP contribution in [0.5, 0.6) is 0 Å². The van der Waals surface area contributed by atoms with Crippen LogP contribution in [0.25, 0.3) is 0 Å². The minimum absolute atomic E-state index is 0.166. The molecular formula is C27H44F2O. The van der Waals surface area contributed by atoms with Gasteiger partial charge in [0.05, 0.1) is 12.0 Å². The Kier molecular flexibility index (Phi) is 7.59. The summed E-state index contributed by atoms with van der Waals surface area (Å²) in [5.74, 6) is 3.28. The van der Waals surface area contributed by atoms with Gasteiger partial charge in [0.2, 0.25) is 0 Å². The molecule has 0 radical (unpaired) electrons. The Morgan fingerprint density at radius 1 is 0.767 bits per heavy atom. The van der Waals surface area contributed by atoms with Gasteiger partial charge in [-0.05, 0) is 107 Å². The van der Waals surface area contributed by atoms with Crippen LogP contribution in [-0.2, 0) is 4.74 Å². The van der Waals surface area contributed by atoms with Crippen molar-refractivity contribution in [3.63, 3.8) is 0 Å². The predicted octanol–water partition coefficient (Wildman–Crippen LogP) is 8.39. The first-order valence-corrected chi connectivity index (χ1v) is 13.2. The van der Waals surface area contributed by atoms with Gasteiger partial charge >= 0.3 is 6.11 Å². The molecule has 1 saturated heterocycles. The van der Waals surface area contributed by atoms with Crippen LogP contribution < -0.4 is 0 Å². The Morgan fingerprint density at radius 2 is 1.30 bits per heavy atom. The number of ether oxygens (including phenoxy) is 1. The summed E-state index contributed by atoms with van der Waals surface area (Å²) in [5.41, 5.74) is 0. The molecule has 0 N–H and O–H groups in total. The Bertz CT molecular complexity index is 549. The lowest BCUT2D eigenvalue weighted by Crippen LogP contribution is -2.61. The highest BCUT2D eigenvalue weighted by Gasteiger charge is 2.62. The second kappa shape index (κ2) is 10.0. The van der Waals surface area contributed by atoms with Crippen molar-refractivity contribution < 1.29 is 13.5 Å². The molecule has 3 saturated carbocycles. The maximum absolute atomic E-state index is 14.5. The summed E-state index contributed by atoms with van der Waals surface area (Å²) in [6.45, 7) is 4.37. The molecule has 30 heavy (non-hydrogen) atoms. The molecule has 0 aromatic rings. The fourth-order valence-electron chi connectivity index (χ4n) is 7.65. The number of rotatable bonds is 6. The predicted molar refractivity (Wildman–Crippen MR) is 119 cm³/mol. The van der Waals surface area contributed by atoms with Crippen LogP contribution in [0.3, 0.4) is 0 Å². The molecule has 4 rings (SSSR count). The first kappa shape index (κ1) is 22.7. The number of allylic oxidation sites excluding steroid dienone is 2. The van der Waals surface area contributed by atoms with Gasteiger partial charge in [-0.3, -0.25) is 0 Å². The highest BCUT2D eigenvalue weighted by Crippen LogP contribution is 2.56. The van der Waals surface area contributed by atoms with Crippen LogP contribution in [0.2, 0.25) is 0 Å². The van der Waals surface area contributed by atoms with Crippen LogP contribution in [0.15, 0.2) is 12.2 Å².